The number of carbonyl (C=O) groups is 1. The molecule has 2 rings (SSSR count). The van der Waals surface area contributed by atoms with E-state index in [1.54, 1.807) is 0 Å². The molecule has 1 aromatic rings. The van der Waals surface area contributed by atoms with Gasteiger partial charge in [0.2, 0.25) is 5.91 Å². The van der Waals surface area contributed by atoms with E-state index in [0.29, 0.717) is 11.5 Å². The van der Waals surface area contributed by atoms with E-state index in [4.69, 9.17) is 5.26 Å². The van der Waals surface area contributed by atoms with Gasteiger partial charge >= 0.3 is 0 Å². The van der Waals surface area contributed by atoms with Crippen LogP contribution in [0.15, 0.2) is 24.3 Å². The van der Waals surface area contributed by atoms with Crippen LogP contribution in [0.3, 0.4) is 0 Å². The molecule has 0 unspecified atom stereocenters. The molecule has 1 aliphatic rings. The lowest BCUT2D eigenvalue weighted by atomic mass is 10.0. The van der Waals surface area contributed by atoms with Gasteiger partial charge in [0.1, 0.15) is 0 Å². The molecule has 100 valence electrons. The zero-order chi connectivity index (χ0) is 14.0. The first-order valence-electron chi connectivity index (χ1n) is 6.89. The smallest absolute Gasteiger partial charge is 0.226 e. The predicted molar refractivity (Wildman–Crippen MR) is 74.2 cm³/mol. The number of rotatable bonds is 4. The van der Waals surface area contributed by atoms with Crippen LogP contribution in [0.25, 0.3) is 0 Å². The molecule has 0 aromatic heterocycles. The molecule has 1 amide bonds. The summed E-state index contributed by atoms with van der Waals surface area (Å²) in [5, 5.41) is 8.81. The van der Waals surface area contributed by atoms with Crippen LogP contribution in [0.1, 0.15) is 44.4 Å². The first-order valence-corrected chi connectivity index (χ1v) is 6.89. The lowest BCUT2D eigenvalue weighted by Crippen LogP contribution is -2.34. The molecular weight excluding hydrogens is 236 g/mol. The first kappa shape index (κ1) is 13.6. The van der Waals surface area contributed by atoms with Crippen molar-refractivity contribution in [1.29, 1.82) is 5.26 Å². The van der Waals surface area contributed by atoms with Gasteiger partial charge in [-0.1, -0.05) is 19.1 Å². The second-order valence-corrected chi connectivity index (χ2v) is 5.35. The highest BCUT2D eigenvalue weighted by molar-refractivity contribution is 5.82. The maximum atomic E-state index is 12.4. The minimum atomic E-state index is 0.0676. The molecule has 0 bridgehead atoms. The highest BCUT2D eigenvalue weighted by Gasteiger charge is 2.42. The summed E-state index contributed by atoms with van der Waals surface area (Å²) >= 11 is 0. The maximum absolute atomic E-state index is 12.4. The third kappa shape index (κ3) is 2.78. The number of nitriles is 1. The van der Waals surface area contributed by atoms with Gasteiger partial charge in [-0.3, -0.25) is 4.79 Å². The summed E-state index contributed by atoms with van der Waals surface area (Å²) in [6.07, 6.45) is 1.02. The Balaban J connectivity index is 2.13. The zero-order valence-electron chi connectivity index (χ0n) is 11.8. The second-order valence-electron chi connectivity index (χ2n) is 5.35. The van der Waals surface area contributed by atoms with Crippen molar-refractivity contribution in [2.75, 3.05) is 6.54 Å². The predicted octanol–water partition coefficient (Wildman–Crippen LogP) is 3.12. The van der Waals surface area contributed by atoms with Crippen molar-refractivity contribution in [3.8, 4) is 6.07 Å². The van der Waals surface area contributed by atoms with E-state index in [1.165, 1.54) is 0 Å². The number of carbonyl (C=O) groups excluding carboxylic acids is 1. The zero-order valence-corrected chi connectivity index (χ0v) is 11.8. The van der Waals surface area contributed by atoms with Crippen LogP contribution >= 0.6 is 0 Å². The quantitative estimate of drug-likeness (QED) is 0.830. The summed E-state index contributed by atoms with van der Waals surface area (Å²) in [5.74, 6) is 1.03. The molecule has 1 aromatic carbocycles. The van der Waals surface area contributed by atoms with Gasteiger partial charge < -0.3 is 4.90 Å². The Morgan fingerprint density at radius 2 is 2.05 bits per heavy atom. The summed E-state index contributed by atoms with van der Waals surface area (Å²) in [6.45, 7) is 6.92. The van der Waals surface area contributed by atoms with Crippen molar-refractivity contribution in [3.05, 3.63) is 35.4 Å². The van der Waals surface area contributed by atoms with Crippen LogP contribution in [-0.4, -0.2) is 17.4 Å². The summed E-state index contributed by atoms with van der Waals surface area (Å²) in [4.78, 5) is 14.3. The summed E-state index contributed by atoms with van der Waals surface area (Å²) < 4.78 is 0. The van der Waals surface area contributed by atoms with E-state index in [0.717, 1.165) is 18.5 Å². The van der Waals surface area contributed by atoms with Crippen molar-refractivity contribution in [3.63, 3.8) is 0 Å². The van der Waals surface area contributed by atoms with Gasteiger partial charge in [-0.05, 0) is 43.9 Å². The first-order chi connectivity index (χ1) is 9.08. The second kappa shape index (κ2) is 5.44. The van der Waals surface area contributed by atoms with E-state index < -0.39 is 0 Å². The highest BCUT2D eigenvalue weighted by atomic mass is 16.2. The number of hydrogen-bond acceptors (Lipinski definition) is 2. The van der Waals surface area contributed by atoms with E-state index in [2.05, 4.69) is 19.9 Å². The fourth-order valence-corrected chi connectivity index (χ4v) is 2.52. The van der Waals surface area contributed by atoms with Crippen molar-refractivity contribution in [1.82, 2.24) is 4.90 Å². The van der Waals surface area contributed by atoms with Crippen molar-refractivity contribution < 1.29 is 4.79 Å². The van der Waals surface area contributed by atoms with Gasteiger partial charge in [0.05, 0.1) is 17.7 Å². The summed E-state index contributed by atoms with van der Waals surface area (Å²) in [7, 11) is 0. The third-order valence-electron chi connectivity index (χ3n) is 4.04. The van der Waals surface area contributed by atoms with Crippen LogP contribution in [0.4, 0.5) is 0 Å². The van der Waals surface area contributed by atoms with Gasteiger partial charge in [-0.2, -0.15) is 5.26 Å². The van der Waals surface area contributed by atoms with Gasteiger partial charge in [0.15, 0.2) is 0 Å². The normalized spacial score (nSPS) is 22.4. The Kier molecular flexibility index (Phi) is 3.90. The molecule has 3 atom stereocenters. The molecule has 0 heterocycles. The minimum absolute atomic E-state index is 0.0676. The molecule has 3 heteroatoms. The van der Waals surface area contributed by atoms with E-state index >= 15 is 0 Å². The Labute approximate surface area is 114 Å². The minimum Gasteiger partial charge on any atom is -0.336 e. The highest BCUT2D eigenvalue weighted by Crippen LogP contribution is 2.40. The van der Waals surface area contributed by atoms with E-state index in [-0.39, 0.29) is 17.9 Å². The van der Waals surface area contributed by atoms with Crippen LogP contribution < -0.4 is 0 Å². The molecule has 0 saturated heterocycles. The Bertz CT molecular complexity index is 500. The SMILES string of the molecule is CCN(C(=O)[C@@H]1C[C@@H]1C)[C@H](C)c1ccc(C#N)cc1. The van der Waals surface area contributed by atoms with Crippen LogP contribution in [-0.2, 0) is 4.79 Å². The average Bonchev–Trinajstić information content (AvgIpc) is 3.16. The van der Waals surface area contributed by atoms with Gasteiger partial charge in [0.25, 0.3) is 0 Å². The molecule has 1 aliphatic carbocycles. The van der Waals surface area contributed by atoms with Crippen molar-refractivity contribution in [2.45, 2.75) is 33.2 Å². The maximum Gasteiger partial charge on any atom is 0.226 e. The van der Waals surface area contributed by atoms with E-state index in [1.807, 2.05) is 36.1 Å². The fraction of sp³-hybridized carbons (Fsp3) is 0.500. The average molecular weight is 256 g/mol. The largest absolute Gasteiger partial charge is 0.336 e. The molecule has 1 fully saturated rings. The molecule has 0 aliphatic heterocycles. The molecule has 19 heavy (non-hydrogen) atoms. The van der Waals surface area contributed by atoms with Gasteiger partial charge in [-0.15, -0.1) is 0 Å². The summed E-state index contributed by atoms with van der Waals surface area (Å²) in [5.41, 5.74) is 1.74. The number of nitrogens with zero attached hydrogens (tertiary/aromatic N) is 2. The third-order valence-corrected chi connectivity index (χ3v) is 4.04. The molecule has 1 saturated carbocycles. The Hall–Kier alpha value is -1.82. The topological polar surface area (TPSA) is 44.1 Å². The monoisotopic (exact) mass is 256 g/mol. The Morgan fingerprint density at radius 3 is 2.47 bits per heavy atom. The van der Waals surface area contributed by atoms with Crippen molar-refractivity contribution >= 4 is 5.91 Å². The molecule has 3 nitrogen and oxygen atoms in total. The molecule has 0 spiro atoms. The molecule has 0 radical (unpaired) electrons. The number of benzene rings is 1. The van der Waals surface area contributed by atoms with Gasteiger partial charge in [-0.25, -0.2) is 0 Å². The lowest BCUT2D eigenvalue weighted by molar-refractivity contribution is -0.134. The van der Waals surface area contributed by atoms with Gasteiger partial charge in [0, 0.05) is 12.5 Å². The lowest BCUT2D eigenvalue weighted by Gasteiger charge is -2.28. The van der Waals surface area contributed by atoms with E-state index in [9.17, 15) is 4.79 Å². The molecular formula is C16H20N2O. The van der Waals surface area contributed by atoms with Crippen molar-refractivity contribution in [2.24, 2.45) is 11.8 Å². The summed E-state index contributed by atoms with van der Waals surface area (Å²) in [6, 6.07) is 9.68. The number of hydrogen-bond donors (Lipinski definition) is 0. The molecule has 0 N–H and O–H groups in total. The van der Waals surface area contributed by atoms with Crippen LogP contribution in [0.2, 0.25) is 0 Å². The standard InChI is InChI=1S/C16H20N2O/c1-4-18(16(19)15-9-11(15)2)12(3)14-7-5-13(10-17)6-8-14/h5-8,11-12,15H,4,9H2,1-3H3/t11-,12+,15+/m0/s1. The fourth-order valence-electron chi connectivity index (χ4n) is 2.52. The Morgan fingerprint density at radius 1 is 1.47 bits per heavy atom. The van der Waals surface area contributed by atoms with Crippen LogP contribution in [0, 0.1) is 23.2 Å². The number of amides is 1. The van der Waals surface area contributed by atoms with Crippen LogP contribution in [0.5, 0.6) is 0 Å².